The minimum absolute atomic E-state index is 0.0103. The molecule has 0 saturated carbocycles. The Labute approximate surface area is 158 Å². The predicted molar refractivity (Wildman–Crippen MR) is 104 cm³/mol. The van der Waals surface area contributed by atoms with Crippen molar-refractivity contribution in [3.05, 3.63) is 87.5 Å². The van der Waals surface area contributed by atoms with E-state index in [1.807, 2.05) is 29.6 Å². The van der Waals surface area contributed by atoms with Crippen molar-refractivity contribution in [1.29, 1.82) is 0 Å². The quantitative estimate of drug-likeness (QED) is 0.391. The zero-order chi connectivity index (χ0) is 18.8. The Bertz CT molecular complexity index is 1100. The minimum Gasteiger partial charge on any atom is -0.505 e. The summed E-state index contributed by atoms with van der Waals surface area (Å²) in [6.07, 6.45) is 3.31. The van der Waals surface area contributed by atoms with Crippen LogP contribution in [0.25, 0.3) is 10.9 Å². The van der Waals surface area contributed by atoms with Crippen LogP contribution in [0.2, 0.25) is 0 Å². The second-order valence-electron chi connectivity index (χ2n) is 5.84. The van der Waals surface area contributed by atoms with Gasteiger partial charge in [-0.2, -0.15) is 0 Å². The fourth-order valence-electron chi connectivity index (χ4n) is 2.93. The van der Waals surface area contributed by atoms with Gasteiger partial charge in [0.1, 0.15) is 11.3 Å². The average molecular weight is 378 g/mol. The van der Waals surface area contributed by atoms with Crippen molar-refractivity contribution in [3.63, 3.8) is 0 Å². The normalized spacial score (nSPS) is 12.0. The molecule has 2 aromatic carbocycles. The van der Waals surface area contributed by atoms with Gasteiger partial charge in [-0.15, -0.1) is 11.3 Å². The molecule has 2 heterocycles. The summed E-state index contributed by atoms with van der Waals surface area (Å²) in [5.74, 6) is 0.0699. The standard InChI is InChI=1S/C19H14N4O3S/c24-18-15(8-5-12-2-1-9-20-17(12)18)16(22-19-21-10-11-27-19)13-3-6-14(7-4-13)23(25)26/h1-11,16,24H,(H,21,22). The lowest BCUT2D eigenvalue weighted by atomic mass is 9.96. The summed E-state index contributed by atoms with van der Waals surface area (Å²) in [4.78, 5) is 19.0. The maximum Gasteiger partial charge on any atom is 0.269 e. The molecule has 2 N–H and O–H groups in total. The third-order valence-corrected chi connectivity index (χ3v) is 4.93. The van der Waals surface area contributed by atoms with Crippen LogP contribution in [0, 0.1) is 10.1 Å². The molecule has 0 aliphatic rings. The maximum absolute atomic E-state index is 10.9. The number of aromatic nitrogens is 2. The summed E-state index contributed by atoms with van der Waals surface area (Å²) in [7, 11) is 0. The number of aromatic hydroxyl groups is 1. The molecule has 2 aromatic heterocycles. The van der Waals surface area contributed by atoms with Crippen molar-refractivity contribution in [2.75, 3.05) is 5.32 Å². The number of nitro benzene ring substituents is 1. The number of hydrogen-bond acceptors (Lipinski definition) is 7. The van der Waals surface area contributed by atoms with Crippen LogP contribution in [-0.4, -0.2) is 20.0 Å². The molecule has 8 heteroatoms. The van der Waals surface area contributed by atoms with Crippen LogP contribution in [-0.2, 0) is 0 Å². The number of phenolic OH excluding ortho intramolecular Hbond substituents is 1. The molecule has 0 spiro atoms. The number of benzene rings is 2. The van der Waals surface area contributed by atoms with E-state index in [0.29, 0.717) is 16.2 Å². The lowest BCUT2D eigenvalue weighted by Gasteiger charge is -2.21. The number of thiazole rings is 1. The number of nitro groups is 1. The third kappa shape index (κ3) is 3.30. The van der Waals surface area contributed by atoms with E-state index >= 15 is 0 Å². The number of nitrogens with zero attached hydrogens (tertiary/aromatic N) is 3. The highest BCUT2D eigenvalue weighted by Gasteiger charge is 2.21. The monoisotopic (exact) mass is 378 g/mol. The molecule has 0 fully saturated rings. The largest absolute Gasteiger partial charge is 0.505 e. The number of hydrogen-bond donors (Lipinski definition) is 2. The van der Waals surface area contributed by atoms with E-state index in [9.17, 15) is 15.2 Å². The van der Waals surface area contributed by atoms with Crippen LogP contribution in [0.4, 0.5) is 10.8 Å². The highest BCUT2D eigenvalue weighted by atomic mass is 32.1. The predicted octanol–water partition coefficient (Wildman–Crippen LogP) is 4.51. The second kappa shape index (κ2) is 7.00. The molecule has 1 atom stereocenters. The molecule has 0 aliphatic carbocycles. The van der Waals surface area contributed by atoms with Crippen LogP contribution in [0.3, 0.4) is 0 Å². The molecule has 7 nitrogen and oxygen atoms in total. The SMILES string of the molecule is O=[N+]([O-])c1ccc(C(Nc2nccs2)c2ccc3cccnc3c2O)cc1. The summed E-state index contributed by atoms with van der Waals surface area (Å²) >= 11 is 1.43. The van der Waals surface area contributed by atoms with E-state index in [1.165, 1.54) is 23.5 Å². The average Bonchev–Trinajstić information content (AvgIpc) is 3.20. The first kappa shape index (κ1) is 16.9. The molecule has 134 valence electrons. The number of anilines is 1. The number of pyridine rings is 1. The van der Waals surface area contributed by atoms with Gasteiger partial charge in [0.15, 0.2) is 5.13 Å². The molecule has 0 radical (unpaired) electrons. The van der Waals surface area contributed by atoms with Gasteiger partial charge >= 0.3 is 0 Å². The number of non-ortho nitro benzene ring substituents is 1. The van der Waals surface area contributed by atoms with Gasteiger partial charge in [-0.1, -0.05) is 18.2 Å². The van der Waals surface area contributed by atoms with Crippen LogP contribution < -0.4 is 5.32 Å². The van der Waals surface area contributed by atoms with Crippen LogP contribution >= 0.6 is 11.3 Å². The fraction of sp³-hybridized carbons (Fsp3) is 0.0526. The Kier molecular flexibility index (Phi) is 4.39. The molecule has 0 bridgehead atoms. The molecular formula is C19H14N4O3S. The Hall–Kier alpha value is -3.52. The lowest BCUT2D eigenvalue weighted by Crippen LogP contribution is -2.12. The number of nitrogens with one attached hydrogen (secondary N) is 1. The summed E-state index contributed by atoms with van der Waals surface area (Å²) in [5, 5.41) is 28.4. The van der Waals surface area contributed by atoms with Crippen molar-refractivity contribution < 1.29 is 10.0 Å². The van der Waals surface area contributed by atoms with Crippen molar-refractivity contribution in [2.24, 2.45) is 0 Å². The van der Waals surface area contributed by atoms with E-state index in [2.05, 4.69) is 15.3 Å². The molecule has 4 rings (SSSR count). The van der Waals surface area contributed by atoms with Crippen molar-refractivity contribution in [3.8, 4) is 5.75 Å². The highest BCUT2D eigenvalue weighted by Crippen LogP contribution is 2.37. The van der Waals surface area contributed by atoms with Gasteiger partial charge in [0.25, 0.3) is 5.69 Å². The Balaban J connectivity index is 1.83. The number of rotatable bonds is 5. The highest BCUT2D eigenvalue weighted by molar-refractivity contribution is 7.13. The molecule has 1 unspecified atom stereocenters. The third-order valence-electron chi connectivity index (χ3n) is 4.23. The van der Waals surface area contributed by atoms with Crippen molar-refractivity contribution in [1.82, 2.24) is 9.97 Å². The Morgan fingerprint density at radius 1 is 1.07 bits per heavy atom. The van der Waals surface area contributed by atoms with Gasteiger partial charge in [0.05, 0.1) is 11.0 Å². The van der Waals surface area contributed by atoms with Crippen LogP contribution in [0.5, 0.6) is 5.75 Å². The lowest BCUT2D eigenvalue weighted by molar-refractivity contribution is -0.384. The van der Waals surface area contributed by atoms with Crippen molar-refractivity contribution in [2.45, 2.75) is 6.04 Å². The van der Waals surface area contributed by atoms with Gasteiger partial charge in [-0.3, -0.25) is 15.1 Å². The molecule has 0 saturated heterocycles. The van der Waals surface area contributed by atoms with E-state index in [4.69, 9.17) is 0 Å². The van der Waals surface area contributed by atoms with Crippen LogP contribution in [0.15, 0.2) is 66.3 Å². The molecule has 27 heavy (non-hydrogen) atoms. The zero-order valence-electron chi connectivity index (χ0n) is 13.9. The minimum atomic E-state index is -0.441. The van der Waals surface area contributed by atoms with E-state index in [1.54, 1.807) is 24.5 Å². The smallest absolute Gasteiger partial charge is 0.269 e. The van der Waals surface area contributed by atoms with Crippen molar-refractivity contribution >= 4 is 33.1 Å². The number of fused-ring (bicyclic) bond motifs is 1. The summed E-state index contributed by atoms with van der Waals surface area (Å²) in [6.45, 7) is 0. The van der Waals surface area contributed by atoms with E-state index < -0.39 is 11.0 Å². The van der Waals surface area contributed by atoms with Gasteiger partial charge < -0.3 is 10.4 Å². The van der Waals surface area contributed by atoms with Gasteiger partial charge in [-0.25, -0.2) is 4.98 Å². The van der Waals surface area contributed by atoms with Gasteiger partial charge in [-0.05, 0) is 23.8 Å². The van der Waals surface area contributed by atoms with Gasteiger partial charge in [0.2, 0.25) is 0 Å². The zero-order valence-corrected chi connectivity index (χ0v) is 14.8. The van der Waals surface area contributed by atoms with E-state index in [-0.39, 0.29) is 11.4 Å². The fourth-order valence-corrected chi connectivity index (χ4v) is 3.48. The first-order chi connectivity index (χ1) is 13.1. The molecular weight excluding hydrogens is 364 g/mol. The second-order valence-corrected chi connectivity index (χ2v) is 6.74. The Morgan fingerprint density at radius 3 is 2.59 bits per heavy atom. The maximum atomic E-state index is 10.9. The molecule has 4 aromatic rings. The van der Waals surface area contributed by atoms with E-state index in [0.717, 1.165) is 10.9 Å². The summed E-state index contributed by atoms with van der Waals surface area (Å²) < 4.78 is 0. The number of phenols is 1. The first-order valence-corrected chi connectivity index (χ1v) is 8.98. The van der Waals surface area contributed by atoms with Gasteiger partial charge in [0, 0.05) is 40.9 Å². The molecule has 0 amide bonds. The summed E-state index contributed by atoms with van der Waals surface area (Å²) in [6, 6.07) is 13.2. The first-order valence-electron chi connectivity index (χ1n) is 8.10. The van der Waals surface area contributed by atoms with Crippen LogP contribution in [0.1, 0.15) is 17.2 Å². The summed E-state index contributed by atoms with van der Waals surface area (Å²) in [5.41, 5.74) is 1.89. The topological polar surface area (TPSA) is 101 Å². The molecule has 0 aliphatic heterocycles. The Morgan fingerprint density at radius 2 is 1.89 bits per heavy atom.